The average molecular weight is 473 g/mol. The van der Waals surface area contributed by atoms with Crippen LogP contribution in [0.5, 0.6) is 5.88 Å². The van der Waals surface area contributed by atoms with Gasteiger partial charge in [-0.25, -0.2) is 19.2 Å². The smallest absolute Gasteiger partial charge is 0.410 e. The number of benzene rings is 1. The molecule has 2 saturated carbocycles. The summed E-state index contributed by atoms with van der Waals surface area (Å²) < 4.78 is 26.1. The predicted octanol–water partition coefficient (Wildman–Crippen LogP) is 5.17. The van der Waals surface area contributed by atoms with Gasteiger partial charge >= 0.3 is 6.09 Å². The number of nitrogens with one attached hydrogen (secondary N) is 1. The Hall–Kier alpha value is -2.55. The third kappa shape index (κ3) is 4.60. The van der Waals surface area contributed by atoms with E-state index in [0.29, 0.717) is 36.5 Å². The van der Waals surface area contributed by atoms with Crippen molar-refractivity contribution in [2.75, 3.05) is 31.3 Å². The van der Waals surface area contributed by atoms with Crippen molar-refractivity contribution < 1.29 is 18.7 Å². The molecule has 1 aromatic carbocycles. The normalized spacial score (nSPS) is 24.6. The minimum atomic E-state index is -0.331. The summed E-state index contributed by atoms with van der Waals surface area (Å²) in [5.41, 5.74) is 0.943. The lowest BCUT2D eigenvalue weighted by molar-refractivity contribution is 0.0439. The highest BCUT2D eigenvalue weighted by Crippen LogP contribution is 2.58. The largest absolute Gasteiger partial charge is 0.477 e. The summed E-state index contributed by atoms with van der Waals surface area (Å²) >= 11 is 1.49. The van der Waals surface area contributed by atoms with Gasteiger partial charge in [-0.1, -0.05) is 0 Å². The van der Waals surface area contributed by atoms with Gasteiger partial charge in [-0.2, -0.15) is 0 Å². The third-order valence-electron chi connectivity index (χ3n) is 7.19. The molecule has 1 amide bonds. The van der Waals surface area contributed by atoms with Gasteiger partial charge in [0.05, 0.1) is 17.9 Å². The Bertz CT molecular complexity index is 1080. The standard InChI is InChI=1S/C24H29FN4O3S/c1-15-20(28-19-5-4-17(33-3)10-18(19)25)26-14-27-21(15)31-13-24-8-9-29(12-16(24)11-24)22(30)32-23(2)6-7-23/h4-5,10,14,16H,6-9,11-13H2,1-3H3,(H,26,27,28). The van der Waals surface area contributed by atoms with Crippen LogP contribution in [0.4, 0.5) is 20.7 Å². The number of rotatable bonds is 7. The summed E-state index contributed by atoms with van der Waals surface area (Å²) in [6.45, 7) is 5.82. The lowest BCUT2D eigenvalue weighted by atomic mass is 9.96. The number of hydrogen-bond acceptors (Lipinski definition) is 7. The van der Waals surface area contributed by atoms with Gasteiger partial charge in [-0.05, 0) is 69.9 Å². The average Bonchev–Trinajstić information content (AvgIpc) is 3.71. The van der Waals surface area contributed by atoms with E-state index in [1.54, 1.807) is 6.07 Å². The van der Waals surface area contributed by atoms with Gasteiger partial charge in [0.1, 0.15) is 23.6 Å². The molecular formula is C24H29FN4O3S. The summed E-state index contributed by atoms with van der Waals surface area (Å²) in [6.07, 6.45) is 7.00. The fourth-order valence-electron chi connectivity index (χ4n) is 4.45. The van der Waals surface area contributed by atoms with Crippen molar-refractivity contribution in [3.63, 3.8) is 0 Å². The van der Waals surface area contributed by atoms with Crippen molar-refractivity contribution in [3.8, 4) is 5.88 Å². The number of fused-ring (bicyclic) bond motifs is 1. The first-order valence-corrected chi connectivity index (χ1v) is 12.6. The highest BCUT2D eigenvalue weighted by atomic mass is 32.2. The summed E-state index contributed by atoms with van der Waals surface area (Å²) in [4.78, 5) is 23.7. The summed E-state index contributed by atoms with van der Waals surface area (Å²) in [6, 6.07) is 5.07. The number of ether oxygens (including phenoxy) is 2. The Labute approximate surface area is 197 Å². The Morgan fingerprint density at radius 3 is 2.85 bits per heavy atom. The van der Waals surface area contributed by atoms with E-state index in [2.05, 4.69) is 15.3 Å². The molecule has 3 fully saturated rings. The zero-order valence-electron chi connectivity index (χ0n) is 19.2. The Morgan fingerprint density at radius 1 is 1.33 bits per heavy atom. The Kier molecular flexibility index (Phi) is 5.63. The third-order valence-corrected chi connectivity index (χ3v) is 7.91. The molecule has 9 heteroatoms. The van der Waals surface area contributed by atoms with Crippen molar-refractivity contribution in [2.45, 2.75) is 50.0 Å². The molecule has 7 nitrogen and oxygen atoms in total. The minimum Gasteiger partial charge on any atom is -0.477 e. The number of carbonyl (C=O) groups excluding carboxylic acids is 1. The molecule has 2 aliphatic carbocycles. The predicted molar refractivity (Wildman–Crippen MR) is 125 cm³/mol. The van der Waals surface area contributed by atoms with Crippen molar-refractivity contribution >= 4 is 29.4 Å². The number of carbonyl (C=O) groups is 1. The molecule has 2 heterocycles. The number of thioether (sulfide) groups is 1. The number of likely N-dealkylation sites (tertiary alicyclic amines) is 1. The number of hydrogen-bond donors (Lipinski definition) is 1. The topological polar surface area (TPSA) is 76.6 Å². The van der Waals surface area contributed by atoms with E-state index < -0.39 is 0 Å². The number of halogens is 1. The second-order valence-corrected chi connectivity index (χ2v) is 10.6. The van der Waals surface area contributed by atoms with Crippen LogP contribution in [0.15, 0.2) is 29.4 Å². The lowest BCUT2D eigenvalue weighted by Crippen LogP contribution is -2.42. The van der Waals surface area contributed by atoms with Crippen molar-refractivity contribution in [2.24, 2.45) is 11.3 Å². The van der Waals surface area contributed by atoms with Gasteiger partial charge in [-0.3, -0.25) is 0 Å². The van der Waals surface area contributed by atoms with Crippen LogP contribution in [0.3, 0.4) is 0 Å². The molecule has 1 aliphatic heterocycles. The molecule has 0 bridgehead atoms. The second kappa shape index (κ2) is 8.34. The van der Waals surface area contributed by atoms with Gasteiger partial charge in [0, 0.05) is 23.4 Å². The van der Waals surface area contributed by atoms with Crippen molar-refractivity contribution in [1.82, 2.24) is 14.9 Å². The van der Waals surface area contributed by atoms with E-state index >= 15 is 0 Å². The zero-order chi connectivity index (χ0) is 23.2. The van der Waals surface area contributed by atoms with Crippen LogP contribution in [-0.4, -0.2) is 52.5 Å². The molecule has 3 aliphatic rings. The van der Waals surface area contributed by atoms with Crippen LogP contribution in [0, 0.1) is 24.1 Å². The minimum absolute atomic E-state index is 0.0883. The number of amides is 1. The van der Waals surface area contributed by atoms with E-state index in [-0.39, 0.29) is 22.9 Å². The molecule has 1 N–H and O–H groups in total. The van der Waals surface area contributed by atoms with E-state index in [1.165, 1.54) is 24.2 Å². The molecular weight excluding hydrogens is 443 g/mol. The van der Waals surface area contributed by atoms with Crippen LogP contribution in [0.2, 0.25) is 0 Å². The molecule has 1 aromatic heterocycles. The van der Waals surface area contributed by atoms with E-state index in [1.807, 2.05) is 31.1 Å². The molecule has 1 saturated heterocycles. The number of piperidine rings is 1. The molecule has 0 radical (unpaired) electrons. The number of anilines is 2. The second-order valence-electron chi connectivity index (χ2n) is 9.69. The van der Waals surface area contributed by atoms with E-state index in [4.69, 9.17) is 9.47 Å². The highest BCUT2D eigenvalue weighted by molar-refractivity contribution is 7.98. The molecule has 176 valence electrons. The first-order valence-electron chi connectivity index (χ1n) is 11.3. The monoisotopic (exact) mass is 472 g/mol. The highest BCUT2D eigenvalue weighted by Gasteiger charge is 2.58. The van der Waals surface area contributed by atoms with Crippen LogP contribution in [-0.2, 0) is 4.74 Å². The van der Waals surface area contributed by atoms with Crippen molar-refractivity contribution in [1.29, 1.82) is 0 Å². The summed E-state index contributed by atoms with van der Waals surface area (Å²) in [7, 11) is 0. The van der Waals surface area contributed by atoms with Gasteiger partial charge < -0.3 is 19.7 Å². The maximum Gasteiger partial charge on any atom is 0.410 e. The van der Waals surface area contributed by atoms with Crippen LogP contribution in [0.25, 0.3) is 0 Å². The van der Waals surface area contributed by atoms with Crippen LogP contribution < -0.4 is 10.1 Å². The number of aromatic nitrogens is 2. The summed E-state index contributed by atoms with van der Waals surface area (Å²) in [5, 5.41) is 3.06. The first kappa shape index (κ1) is 22.3. The molecule has 2 atom stereocenters. The molecule has 2 unspecified atom stereocenters. The molecule has 5 rings (SSSR count). The van der Waals surface area contributed by atoms with Gasteiger partial charge in [-0.15, -0.1) is 11.8 Å². The first-order chi connectivity index (χ1) is 15.8. The quantitative estimate of drug-likeness (QED) is 0.557. The SMILES string of the molecule is CSc1ccc(Nc2ncnc(OCC34CCN(C(=O)OC5(C)CC5)CC3C4)c2C)c(F)c1. The number of nitrogens with zero attached hydrogens (tertiary/aromatic N) is 3. The Morgan fingerprint density at radius 2 is 2.15 bits per heavy atom. The Balaban J connectivity index is 1.19. The van der Waals surface area contributed by atoms with Crippen LogP contribution >= 0.6 is 11.8 Å². The maximum atomic E-state index is 14.4. The van der Waals surface area contributed by atoms with Crippen LogP contribution in [0.1, 0.15) is 38.2 Å². The zero-order valence-corrected chi connectivity index (χ0v) is 20.0. The maximum absolute atomic E-state index is 14.4. The van der Waals surface area contributed by atoms with E-state index in [9.17, 15) is 9.18 Å². The van der Waals surface area contributed by atoms with Gasteiger partial charge in [0.2, 0.25) is 5.88 Å². The van der Waals surface area contributed by atoms with E-state index in [0.717, 1.165) is 42.7 Å². The fraction of sp³-hybridized carbons (Fsp3) is 0.542. The van der Waals surface area contributed by atoms with Crippen molar-refractivity contribution in [3.05, 3.63) is 35.9 Å². The lowest BCUT2D eigenvalue weighted by Gasteiger charge is -2.31. The molecule has 2 aromatic rings. The van der Waals surface area contributed by atoms with Gasteiger partial charge in [0.15, 0.2) is 0 Å². The molecule has 33 heavy (non-hydrogen) atoms. The van der Waals surface area contributed by atoms with Gasteiger partial charge in [0.25, 0.3) is 0 Å². The molecule has 0 spiro atoms. The fourth-order valence-corrected chi connectivity index (χ4v) is 4.87. The summed E-state index contributed by atoms with van der Waals surface area (Å²) in [5.74, 6) is 1.11.